The largest absolute Gasteiger partial charge is 0.372 e. The molecule has 1 aliphatic rings. The van der Waals surface area contributed by atoms with E-state index in [4.69, 9.17) is 4.74 Å². The molecule has 26 heavy (non-hydrogen) atoms. The van der Waals surface area contributed by atoms with Crippen molar-refractivity contribution in [3.63, 3.8) is 0 Å². The predicted octanol–water partition coefficient (Wildman–Crippen LogP) is 3.45. The zero-order valence-corrected chi connectivity index (χ0v) is 14.9. The summed E-state index contributed by atoms with van der Waals surface area (Å²) < 4.78 is 8.16. The Balaban J connectivity index is 1.36. The molecule has 0 saturated carbocycles. The highest BCUT2D eigenvalue weighted by Gasteiger charge is 2.21. The number of rotatable bonds is 6. The van der Waals surface area contributed by atoms with Crippen LogP contribution >= 0.6 is 0 Å². The SMILES string of the molecule is c1ccc(-n2nccc2CN2CCC[C@@H](OCc3cccnc3)C2)cc1. The molecule has 1 fully saturated rings. The average molecular weight is 348 g/mol. The molecule has 0 bridgehead atoms. The lowest BCUT2D eigenvalue weighted by Crippen LogP contribution is -2.39. The number of ether oxygens (including phenoxy) is 1. The lowest BCUT2D eigenvalue weighted by Gasteiger charge is -2.32. The van der Waals surface area contributed by atoms with Crippen LogP contribution in [0.1, 0.15) is 24.1 Å². The fraction of sp³-hybridized carbons (Fsp3) is 0.333. The first kappa shape index (κ1) is 16.9. The van der Waals surface area contributed by atoms with Crippen LogP contribution in [0.3, 0.4) is 0 Å². The molecule has 3 aromatic rings. The first-order chi connectivity index (χ1) is 12.9. The predicted molar refractivity (Wildman–Crippen MR) is 101 cm³/mol. The molecule has 1 atom stereocenters. The van der Waals surface area contributed by atoms with Crippen LogP contribution in [0.15, 0.2) is 67.1 Å². The van der Waals surface area contributed by atoms with Gasteiger partial charge in [-0.05, 0) is 49.2 Å². The Hall–Kier alpha value is -2.50. The Bertz CT molecular complexity index is 803. The molecule has 2 aromatic heterocycles. The third-order valence-electron chi connectivity index (χ3n) is 4.78. The van der Waals surface area contributed by atoms with E-state index in [1.807, 2.05) is 41.3 Å². The van der Waals surface area contributed by atoms with E-state index >= 15 is 0 Å². The molecule has 0 N–H and O–H groups in total. The van der Waals surface area contributed by atoms with Gasteiger partial charge in [0.05, 0.1) is 24.1 Å². The molecule has 0 aliphatic carbocycles. The molecule has 1 saturated heterocycles. The van der Waals surface area contributed by atoms with Gasteiger partial charge in [0.1, 0.15) is 0 Å². The first-order valence-electron chi connectivity index (χ1n) is 9.20. The normalized spacial score (nSPS) is 18.1. The highest BCUT2D eigenvalue weighted by Crippen LogP contribution is 2.18. The number of pyridine rings is 1. The van der Waals surface area contributed by atoms with Crippen LogP contribution in [0, 0.1) is 0 Å². The van der Waals surface area contributed by atoms with Crippen molar-refractivity contribution in [2.24, 2.45) is 0 Å². The number of para-hydroxylation sites is 1. The summed E-state index contributed by atoms with van der Waals surface area (Å²) in [7, 11) is 0. The van der Waals surface area contributed by atoms with Crippen molar-refractivity contribution < 1.29 is 4.74 Å². The average Bonchev–Trinajstić information content (AvgIpc) is 3.16. The van der Waals surface area contributed by atoms with E-state index in [2.05, 4.69) is 39.2 Å². The Kier molecular flexibility index (Phi) is 5.38. The van der Waals surface area contributed by atoms with Crippen LogP contribution in [0.5, 0.6) is 0 Å². The summed E-state index contributed by atoms with van der Waals surface area (Å²) in [6.07, 6.45) is 8.10. The van der Waals surface area contributed by atoms with Crippen molar-refractivity contribution in [1.29, 1.82) is 0 Å². The summed E-state index contributed by atoms with van der Waals surface area (Å²) in [4.78, 5) is 6.62. The Morgan fingerprint density at radius 1 is 1.04 bits per heavy atom. The van der Waals surface area contributed by atoms with Gasteiger partial charge in [-0.15, -0.1) is 0 Å². The zero-order chi connectivity index (χ0) is 17.6. The van der Waals surface area contributed by atoms with Crippen molar-refractivity contribution >= 4 is 0 Å². The first-order valence-corrected chi connectivity index (χ1v) is 9.20. The highest BCUT2D eigenvalue weighted by atomic mass is 16.5. The van der Waals surface area contributed by atoms with Gasteiger partial charge in [-0.2, -0.15) is 5.10 Å². The van der Waals surface area contributed by atoms with E-state index in [0.717, 1.165) is 43.7 Å². The molecular formula is C21H24N4O. The number of benzene rings is 1. The smallest absolute Gasteiger partial charge is 0.0736 e. The standard InChI is InChI=1S/C21H24N4O/c1-2-7-19(8-3-1)25-20(10-12-23-25)15-24-13-5-9-21(16-24)26-17-18-6-4-11-22-14-18/h1-4,6-8,10-12,14,21H,5,9,13,15-17H2/t21-/m1/s1. The Labute approximate surface area is 154 Å². The molecule has 4 rings (SSSR count). The number of aromatic nitrogens is 3. The van der Waals surface area contributed by atoms with Gasteiger partial charge in [-0.3, -0.25) is 9.88 Å². The minimum absolute atomic E-state index is 0.275. The van der Waals surface area contributed by atoms with Gasteiger partial charge in [0, 0.05) is 31.7 Å². The van der Waals surface area contributed by atoms with Crippen molar-refractivity contribution in [3.05, 3.63) is 78.4 Å². The quantitative estimate of drug-likeness (QED) is 0.684. The second-order valence-corrected chi connectivity index (χ2v) is 6.74. The maximum absolute atomic E-state index is 6.13. The molecule has 1 aliphatic heterocycles. The zero-order valence-electron chi connectivity index (χ0n) is 14.9. The minimum atomic E-state index is 0.275. The molecular weight excluding hydrogens is 324 g/mol. The van der Waals surface area contributed by atoms with E-state index in [0.29, 0.717) is 6.61 Å². The fourth-order valence-corrected chi connectivity index (χ4v) is 3.47. The molecule has 0 spiro atoms. The summed E-state index contributed by atoms with van der Waals surface area (Å²) in [5.41, 5.74) is 3.45. The summed E-state index contributed by atoms with van der Waals surface area (Å²) in [5, 5.41) is 4.50. The molecule has 5 heteroatoms. The van der Waals surface area contributed by atoms with Gasteiger partial charge in [-0.1, -0.05) is 24.3 Å². The minimum Gasteiger partial charge on any atom is -0.372 e. The second kappa shape index (κ2) is 8.25. The third kappa shape index (κ3) is 4.18. The molecule has 0 unspecified atom stereocenters. The van der Waals surface area contributed by atoms with Gasteiger partial charge in [-0.25, -0.2) is 4.68 Å². The van der Waals surface area contributed by atoms with Crippen LogP contribution in [0.4, 0.5) is 0 Å². The van der Waals surface area contributed by atoms with Crippen LogP contribution in [-0.2, 0) is 17.9 Å². The maximum atomic E-state index is 6.13. The van der Waals surface area contributed by atoms with Crippen molar-refractivity contribution in [2.45, 2.75) is 32.1 Å². The number of hydrogen-bond donors (Lipinski definition) is 0. The van der Waals surface area contributed by atoms with Crippen LogP contribution in [0.2, 0.25) is 0 Å². The molecule has 5 nitrogen and oxygen atoms in total. The number of piperidine rings is 1. The van der Waals surface area contributed by atoms with E-state index in [1.54, 1.807) is 6.20 Å². The highest BCUT2D eigenvalue weighted by molar-refractivity contribution is 5.32. The van der Waals surface area contributed by atoms with Crippen molar-refractivity contribution in [3.8, 4) is 5.69 Å². The number of likely N-dealkylation sites (tertiary alicyclic amines) is 1. The lowest BCUT2D eigenvalue weighted by molar-refractivity contribution is -0.0125. The Morgan fingerprint density at radius 3 is 2.81 bits per heavy atom. The van der Waals surface area contributed by atoms with Crippen LogP contribution < -0.4 is 0 Å². The fourth-order valence-electron chi connectivity index (χ4n) is 3.47. The number of nitrogens with zero attached hydrogens (tertiary/aromatic N) is 4. The van der Waals surface area contributed by atoms with Crippen molar-refractivity contribution in [1.82, 2.24) is 19.7 Å². The molecule has 0 amide bonds. The summed E-state index contributed by atoms with van der Waals surface area (Å²) in [6, 6.07) is 16.4. The van der Waals surface area contributed by atoms with Gasteiger partial charge in [0.2, 0.25) is 0 Å². The van der Waals surface area contributed by atoms with E-state index < -0.39 is 0 Å². The van der Waals surface area contributed by atoms with Crippen molar-refractivity contribution in [2.75, 3.05) is 13.1 Å². The Morgan fingerprint density at radius 2 is 1.96 bits per heavy atom. The number of hydrogen-bond acceptors (Lipinski definition) is 4. The van der Waals surface area contributed by atoms with Gasteiger partial charge >= 0.3 is 0 Å². The monoisotopic (exact) mass is 348 g/mol. The van der Waals surface area contributed by atoms with Crippen LogP contribution in [0.25, 0.3) is 5.69 Å². The third-order valence-corrected chi connectivity index (χ3v) is 4.78. The maximum Gasteiger partial charge on any atom is 0.0736 e. The second-order valence-electron chi connectivity index (χ2n) is 6.74. The molecule has 1 aromatic carbocycles. The van der Waals surface area contributed by atoms with E-state index in [9.17, 15) is 0 Å². The van der Waals surface area contributed by atoms with Gasteiger partial charge < -0.3 is 4.74 Å². The topological polar surface area (TPSA) is 43.2 Å². The summed E-state index contributed by atoms with van der Waals surface area (Å²) >= 11 is 0. The van der Waals surface area contributed by atoms with Gasteiger partial charge in [0.25, 0.3) is 0 Å². The summed E-state index contributed by atoms with van der Waals surface area (Å²) in [5.74, 6) is 0. The molecule has 0 radical (unpaired) electrons. The summed E-state index contributed by atoms with van der Waals surface area (Å²) in [6.45, 7) is 3.59. The van der Waals surface area contributed by atoms with E-state index in [1.165, 1.54) is 5.69 Å². The molecule has 3 heterocycles. The van der Waals surface area contributed by atoms with Crippen LogP contribution in [-0.4, -0.2) is 38.9 Å². The van der Waals surface area contributed by atoms with Gasteiger partial charge in [0.15, 0.2) is 0 Å². The van der Waals surface area contributed by atoms with E-state index in [-0.39, 0.29) is 6.10 Å². The lowest BCUT2D eigenvalue weighted by atomic mass is 10.1. The molecule has 134 valence electrons.